The van der Waals surface area contributed by atoms with Gasteiger partial charge in [-0.1, -0.05) is 20.8 Å². The Morgan fingerprint density at radius 3 is 2.33 bits per heavy atom. The predicted octanol–water partition coefficient (Wildman–Crippen LogP) is 2.66. The van der Waals surface area contributed by atoms with E-state index in [0.717, 1.165) is 39.3 Å². The first-order chi connectivity index (χ1) is 8.76. The molecule has 1 rings (SSSR count). The molecule has 0 bridgehead atoms. The summed E-state index contributed by atoms with van der Waals surface area (Å²) in [6.45, 7) is 13.1. The van der Waals surface area contributed by atoms with Crippen molar-refractivity contribution in [2.24, 2.45) is 0 Å². The number of nitrogens with zero attached hydrogens (tertiary/aromatic N) is 1. The summed E-state index contributed by atoms with van der Waals surface area (Å²) in [5, 5.41) is 3.49. The highest BCUT2D eigenvalue weighted by molar-refractivity contribution is 4.90. The van der Waals surface area contributed by atoms with E-state index >= 15 is 0 Å². The number of ether oxygens (including phenoxy) is 1. The van der Waals surface area contributed by atoms with Gasteiger partial charge < -0.3 is 15.0 Å². The fourth-order valence-electron chi connectivity index (χ4n) is 2.59. The Morgan fingerprint density at radius 1 is 1.11 bits per heavy atom. The fraction of sp³-hybridized carbons (Fsp3) is 1.00. The lowest BCUT2D eigenvalue weighted by Gasteiger charge is -2.42. The molecule has 1 aliphatic carbocycles. The van der Waals surface area contributed by atoms with E-state index in [-0.39, 0.29) is 5.60 Å². The van der Waals surface area contributed by atoms with E-state index in [1.807, 2.05) is 0 Å². The second kappa shape index (κ2) is 8.89. The molecule has 0 heterocycles. The Bertz CT molecular complexity index is 201. The number of rotatable bonds is 11. The summed E-state index contributed by atoms with van der Waals surface area (Å²) in [6, 6.07) is 0. The van der Waals surface area contributed by atoms with Gasteiger partial charge in [0.25, 0.3) is 0 Å². The molecule has 0 aromatic heterocycles. The third-order valence-corrected chi connectivity index (χ3v) is 4.16. The zero-order chi connectivity index (χ0) is 13.3. The topological polar surface area (TPSA) is 24.5 Å². The van der Waals surface area contributed by atoms with Crippen molar-refractivity contribution in [3.63, 3.8) is 0 Å². The van der Waals surface area contributed by atoms with E-state index in [9.17, 15) is 0 Å². The largest absolute Gasteiger partial charge is 0.374 e. The van der Waals surface area contributed by atoms with Crippen LogP contribution in [0.4, 0.5) is 0 Å². The Labute approximate surface area is 113 Å². The molecule has 3 heteroatoms. The molecule has 1 N–H and O–H groups in total. The fourth-order valence-corrected chi connectivity index (χ4v) is 2.59. The summed E-state index contributed by atoms with van der Waals surface area (Å²) < 4.78 is 6.20. The molecule has 3 nitrogen and oxygen atoms in total. The van der Waals surface area contributed by atoms with E-state index < -0.39 is 0 Å². The van der Waals surface area contributed by atoms with Crippen molar-refractivity contribution < 1.29 is 4.74 Å². The van der Waals surface area contributed by atoms with Crippen molar-refractivity contribution in [1.29, 1.82) is 0 Å². The van der Waals surface area contributed by atoms with Gasteiger partial charge in [-0.3, -0.25) is 0 Å². The van der Waals surface area contributed by atoms with Crippen LogP contribution < -0.4 is 5.32 Å². The normalized spacial score (nSPS) is 18.0. The summed E-state index contributed by atoms with van der Waals surface area (Å²) in [5.74, 6) is 0. The average Bonchev–Trinajstić information content (AvgIpc) is 2.35. The monoisotopic (exact) mass is 256 g/mol. The Hall–Kier alpha value is -0.120. The Kier molecular flexibility index (Phi) is 7.87. The highest BCUT2D eigenvalue weighted by Crippen LogP contribution is 2.38. The number of likely N-dealkylation sites (N-methyl/N-ethyl adjacent to an activating group) is 1. The highest BCUT2D eigenvalue weighted by atomic mass is 16.5. The van der Waals surface area contributed by atoms with Crippen LogP contribution in [0.25, 0.3) is 0 Å². The maximum absolute atomic E-state index is 6.20. The molecule has 0 spiro atoms. The minimum atomic E-state index is 0.216. The molecular weight excluding hydrogens is 224 g/mol. The van der Waals surface area contributed by atoms with Crippen LogP contribution in [0.15, 0.2) is 0 Å². The van der Waals surface area contributed by atoms with Crippen LogP contribution in [0.2, 0.25) is 0 Å². The third kappa shape index (κ3) is 5.25. The zero-order valence-electron chi connectivity index (χ0n) is 12.6. The van der Waals surface area contributed by atoms with Crippen molar-refractivity contribution in [2.45, 2.75) is 58.5 Å². The van der Waals surface area contributed by atoms with Crippen molar-refractivity contribution >= 4 is 0 Å². The van der Waals surface area contributed by atoms with Gasteiger partial charge >= 0.3 is 0 Å². The number of hydrogen-bond donors (Lipinski definition) is 1. The second-order valence-electron chi connectivity index (χ2n) is 5.41. The van der Waals surface area contributed by atoms with Gasteiger partial charge in [-0.25, -0.2) is 0 Å². The van der Waals surface area contributed by atoms with Gasteiger partial charge in [-0.05, 0) is 58.3 Å². The molecule has 1 saturated carbocycles. The summed E-state index contributed by atoms with van der Waals surface area (Å²) in [7, 11) is 0. The molecule has 108 valence electrons. The smallest absolute Gasteiger partial charge is 0.0695 e. The molecule has 0 radical (unpaired) electrons. The average molecular weight is 256 g/mol. The molecule has 1 aliphatic rings. The predicted molar refractivity (Wildman–Crippen MR) is 78.1 cm³/mol. The summed E-state index contributed by atoms with van der Waals surface area (Å²) in [5.41, 5.74) is 0.216. The zero-order valence-corrected chi connectivity index (χ0v) is 12.6. The van der Waals surface area contributed by atoms with E-state index in [2.05, 4.69) is 31.0 Å². The molecule has 1 fully saturated rings. The molecule has 0 aromatic rings. The number of nitrogens with one attached hydrogen (secondary N) is 1. The number of hydrogen-bond acceptors (Lipinski definition) is 3. The molecule has 0 aliphatic heterocycles. The SMILES string of the molecule is CCCNCCC1(OCCN(CC)CC)CCC1. The van der Waals surface area contributed by atoms with E-state index in [4.69, 9.17) is 4.74 Å². The minimum absolute atomic E-state index is 0.216. The van der Waals surface area contributed by atoms with Crippen molar-refractivity contribution in [3.05, 3.63) is 0 Å². The lowest BCUT2D eigenvalue weighted by Crippen LogP contribution is -2.44. The van der Waals surface area contributed by atoms with E-state index in [1.54, 1.807) is 0 Å². The molecule has 0 unspecified atom stereocenters. The van der Waals surface area contributed by atoms with Crippen molar-refractivity contribution in [1.82, 2.24) is 10.2 Å². The van der Waals surface area contributed by atoms with Gasteiger partial charge in [0.1, 0.15) is 0 Å². The molecule has 0 atom stereocenters. The highest BCUT2D eigenvalue weighted by Gasteiger charge is 2.37. The maximum atomic E-state index is 6.20. The first-order valence-electron chi connectivity index (χ1n) is 7.83. The van der Waals surface area contributed by atoms with Crippen LogP contribution in [0.1, 0.15) is 52.9 Å². The molecule has 0 amide bonds. The summed E-state index contributed by atoms with van der Waals surface area (Å²) in [6.07, 6.45) is 6.28. The Morgan fingerprint density at radius 2 is 1.83 bits per heavy atom. The van der Waals surface area contributed by atoms with Gasteiger partial charge in [0.2, 0.25) is 0 Å². The quantitative estimate of drug-likeness (QED) is 0.575. The van der Waals surface area contributed by atoms with E-state index in [0.29, 0.717) is 0 Å². The first-order valence-corrected chi connectivity index (χ1v) is 7.83. The van der Waals surface area contributed by atoms with Gasteiger partial charge in [0.15, 0.2) is 0 Å². The van der Waals surface area contributed by atoms with Gasteiger partial charge in [0, 0.05) is 6.54 Å². The van der Waals surface area contributed by atoms with Crippen LogP contribution in [-0.4, -0.2) is 49.8 Å². The standard InChI is InChI=1S/C15H32N2O/c1-4-11-16-12-10-15(8-7-9-15)18-14-13-17(5-2)6-3/h16H,4-14H2,1-3H3. The van der Waals surface area contributed by atoms with Crippen LogP contribution in [0.3, 0.4) is 0 Å². The lowest BCUT2D eigenvalue weighted by molar-refractivity contribution is -0.108. The van der Waals surface area contributed by atoms with Crippen LogP contribution in [0, 0.1) is 0 Å². The van der Waals surface area contributed by atoms with E-state index in [1.165, 1.54) is 32.1 Å². The first kappa shape index (κ1) is 15.9. The minimum Gasteiger partial charge on any atom is -0.374 e. The van der Waals surface area contributed by atoms with Crippen LogP contribution in [-0.2, 0) is 4.74 Å². The lowest BCUT2D eigenvalue weighted by atomic mass is 9.77. The second-order valence-corrected chi connectivity index (χ2v) is 5.41. The van der Waals surface area contributed by atoms with Gasteiger partial charge in [-0.2, -0.15) is 0 Å². The molecule has 18 heavy (non-hydrogen) atoms. The summed E-state index contributed by atoms with van der Waals surface area (Å²) in [4.78, 5) is 2.43. The van der Waals surface area contributed by atoms with Gasteiger partial charge in [0.05, 0.1) is 12.2 Å². The van der Waals surface area contributed by atoms with Crippen LogP contribution in [0.5, 0.6) is 0 Å². The molecule has 0 saturated heterocycles. The third-order valence-electron chi connectivity index (χ3n) is 4.16. The molecular formula is C15H32N2O. The van der Waals surface area contributed by atoms with Crippen molar-refractivity contribution in [3.8, 4) is 0 Å². The van der Waals surface area contributed by atoms with Crippen LogP contribution >= 0.6 is 0 Å². The summed E-state index contributed by atoms with van der Waals surface area (Å²) >= 11 is 0. The maximum Gasteiger partial charge on any atom is 0.0695 e. The molecule has 0 aromatic carbocycles. The van der Waals surface area contributed by atoms with Gasteiger partial charge in [-0.15, -0.1) is 0 Å². The van der Waals surface area contributed by atoms with Crippen molar-refractivity contribution in [2.75, 3.05) is 39.3 Å². The Balaban J connectivity index is 2.15.